The third-order valence-electron chi connectivity index (χ3n) is 1.31. The first-order chi connectivity index (χ1) is 4.70. The predicted octanol–water partition coefficient (Wildman–Crippen LogP) is 0.684. The van der Waals surface area contributed by atoms with Crippen molar-refractivity contribution in [3.63, 3.8) is 0 Å². The molecule has 54 valence electrons. The number of hydrogen-bond acceptors (Lipinski definition) is 3. The molecule has 0 saturated carbocycles. The van der Waals surface area contributed by atoms with Crippen LogP contribution in [-0.2, 0) is 0 Å². The van der Waals surface area contributed by atoms with Crippen LogP contribution in [0.2, 0.25) is 0 Å². The van der Waals surface area contributed by atoms with Crippen molar-refractivity contribution in [1.29, 1.82) is 0 Å². The molecular weight excluding hydrogens is 126 g/mol. The van der Waals surface area contributed by atoms with Gasteiger partial charge in [0.2, 0.25) is 0 Å². The van der Waals surface area contributed by atoms with Crippen LogP contribution in [-0.4, -0.2) is 4.98 Å². The third-order valence-corrected chi connectivity index (χ3v) is 1.31. The molecule has 0 aromatic carbocycles. The van der Waals surface area contributed by atoms with E-state index >= 15 is 0 Å². The van der Waals surface area contributed by atoms with Gasteiger partial charge in [-0.05, 0) is 18.6 Å². The lowest BCUT2D eigenvalue weighted by Gasteiger charge is -2.03. The highest BCUT2D eigenvalue weighted by atomic mass is 14.7. The SMILES string of the molecule is C[C@H](N)c1cncc(N)c1. The Labute approximate surface area is 60.1 Å². The maximum absolute atomic E-state index is 5.59. The van der Waals surface area contributed by atoms with Crippen molar-refractivity contribution in [3.8, 4) is 0 Å². The molecule has 3 heteroatoms. The number of aromatic nitrogens is 1. The molecule has 3 nitrogen and oxygen atoms in total. The summed E-state index contributed by atoms with van der Waals surface area (Å²) in [6, 6.07) is 1.84. The second kappa shape index (κ2) is 2.66. The number of anilines is 1. The average Bonchev–Trinajstić information content (AvgIpc) is 1.88. The van der Waals surface area contributed by atoms with E-state index in [0.717, 1.165) is 5.56 Å². The molecule has 0 aliphatic carbocycles. The Morgan fingerprint density at radius 1 is 1.50 bits per heavy atom. The molecule has 0 fully saturated rings. The van der Waals surface area contributed by atoms with Crippen molar-refractivity contribution in [2.45, 2.75) is 13.0 Å². The summed E-state index contributed by atoms with van der Waals surface area (Å²) in [5.41, 5.74) is 12.7. The lowest BCUT2D eigenvalue weighted by molar-refractivity contribution is 0.812. The minimum absolute atomic E-state index is 0.0102. The van der Waals surface area contributed by atoms with Gasteiger partial charge in [0.25, 0.3) is 0 Å². The number of nitrogens with two attached hydrogens (primary N) is 2. The van der Waals surface area contributed by atoms with Crippen molar-refractivity contribution in [3.05, 3.63) is 24.0 Å². The molecule has 1 heterocycles. The number of hydrogen-bond donors (Lipinski definition) is 2. The van der Waals surface area contributed by atoms with Gasteiger partial charge in [0, 0.05) is 18.4 Å². The second-order valence-corrected chi connectivity index (χ2v) is 2.34. The molecule has 0 unspecified atom stereocenters. The molecule has 0 amide bonds. The van der Waals surface area contributed by atoms with Gasteiger partial charge in [-0.3, -0.25) is 4.98 Å². The van der Waals surface area contributed by atoms with Crippen LogP contribution in [0.5, 0.6) is 0 Å². The average molecular weight is 137 g/mol. The van der Waals surface area contributed by atoms with Gasteiger partial charge in [0.15, 0.2) is 0 Å². The Morgan fingerprint density at radius 3 is 2.60 bits per heavy atom. The number of nitrogen functional groups attached to an aromatic ring is 1. The smallest absolute Gasteiger partial charge is 0.0503 e. The van der Waals surface area contributed by atoms with Gasteiger partial charge in [-0.15, -0.1) is 0 Å². The van der Waals surface area contributed by atoms with Crippen LogP contribution in [0.3, 0.4) is 0 Å². The molecule has 0 saturated heterocycles. The molecule has 0 aliphatic heterocycles. The summed E-state index contributed by atoms with van der Waals surface area (Å²) in [5.74, 6) is 0. The Balaban J connectivity index is 2.96. The van der Waals surface area contributed by atoms with E-state index in [4.69, 9.17) is 11.5 Å². The van der Waals surface area contributed by atoms with E-state index in [9.17, 15) is 0 Å². The summed E-state index contributed by atoms with van der Waals surface area (Å²) in [4.78, 5) is 3.90. The summed E-state index contributed by atoms with van der Waals surface area (Å²) in [6.45, 7) is 1.90. The first-order valence-corrected chi connectivity index (χ1v) is 3.16. The van der Waals surface area contributed by atoms with Crippen molar-refractivity contribution in [2.75, 3.05) is 5.73 Å². The minimum atomic E-state index is 0.0102. The normalized spacial score (nSPS) is 13.0. The maximum atomic E-state index is 5.59. The molecule has 10 heavy (non-hydrogen) atoms. The molecule has 0 radical (unpaired) electrons. The lowest BCUT2D eigenvalue weighted by Crippen LogP contribution is -2.05. The van der Waals surface area contributed by atoms with Crippen LogP contribution in [0.1, 0.15) is 18.5 Å². The molecule has 0 aliphatic rings. The van der Waals surface area contributed by atoms with Gasteiger partial charge in [0.05, 0.1) is 5.69 Å². The topological polar surface area (TPSA) is 64.9 Å². The summed E-state index contributed by atoms with van der Waals surface area (Å²) in [6.07, 6.45) is 3.33. The van der Waals surface area contributed by atoms with Crippen LogP contribution in [0.15, 0.2) is 18.5 Å². The van der Waals surface area contributed by atoms with Crippen LogP contribution in [0, 0.1) is 0 Å². The predicted molar refractivity (Wildman–Crippen MR) is 41.3 cm³/mol. The van der Waals surface area contributed by atoms with E-state index in [1.165, 1.54) is 0 Å². The summed E-state index contributed by atoms with van der Waals surface area (Å²) in [7, 11) is 0. The van der Waals surface area contributed by atoms with Crippen molar-refractivity contribution in [2.24, 2.45) is 5.73 Å². The van der Waals surface area contributed by atoms with Crippen LogP contribution in [0.4, 0.5) is 5.69 Å². The van der Waals surface area contributed by atoms with Gasteiger partial charge in [-0.25, -0.2) is 0 Å². The van der Waals surface area contributed by atoms with Crippen LogP contribution in [0.25, 0.3) is 0 Å². The number of pyridine rings is 1. The van der Waals surface area contributed by atoms with Crippen LogP contribution < -0.4 is 11.5 Å². The first kappa shape index (κ1) is 7.02. The third kappa shape index (κ3) is 1.45. The van der Waals surface area contributed by atoms with E-state index in [0.29, 0.717) is 5.69 Å². The van der Waals surface area contributed by atoms with Gasteiger partial charge in [0.1, 0.15) is 0 Å². The van der Waals surface area contributed by atoms with Crippen molar-refractivity contribution < 1.29 is 0 Å². The zero-order valence-electron chi connectivity index (χ0n) is 5.91. The second-order valence-electron chi connectivity index (χ2n) is 2.34. The zero-order valence-corrected chi connectivity index (χ0v) is 5.91. The molecule has 1 atom stereocenters. The number of nitrogens with zero attached hydrogens (tertiary/aromatic N) is 1. The van der Waals surface area contributed by atoms with Gasteiger partial charge in [-0.1, -0.05) is 0 Å². The van der Waals surface area contributed by atoms with Gasteiger partial charge >= 0.3 is 0 Å². The van der Waals surface area contributed by atoms with E-state index in [2.05, 4.69) is 4.98 Å². The van der Waals surface area contributed by atoms with E-state index in [-0.39, 0.29) is 6.04 Å². The fourth-order valence-electron chi connectivity index (χ4n) is 0.725. The molecule has 4 N–H and O–H groups in total. The van der Waals surface area contributed by atoms with Crippen molar-refractivity contribution in [1.82, 2.24) is 4.98 Å². The highest BCUT2D eigenvalue weighted by Gasteiger charge is 1.97. The quantitative estimate of drug-likeness (QED) is 0.598. The standard InChI is InChI=1S/C7H11N3/c1-5(8)6-2-7(9)4-10-3-6/h2-5H,8-9H2,1H3/t5-/m0/s1. The van der Waals surface area contributed by atoms with Crippen molar-refractivity contribution >= 4 is 5.69 Å². The Kier molecular flexibility index (Phi) is 1.87. The highest BCUT2D eigenvalue weighted by molar-refractivity contribution is 5.37. The monoisotopic (exact) mass is 137 g/mol. The summed E-state index contributed by atoms with van der Waals surface area (Å²) in [5, 5.41) is 0. The molecule has 1 aromatic rings. The van der Waals surface area contributed by atoms with Gasteiger partial charge in [-0.2, -0.15) is 0 Å². The van der Waals surface area contributed by atoms with Gasteiger partial charge < -0.3 is 11.5 Å². The Morgan fingerprint density at radius 2 is 2.20 bits per heavy atom. The van der Waals surface area contributed by atoms with Crippen LogP contribution >= 0.6 is 0 Å². The maximum Gasteiger partial charge on any atom is 0.0503 e. The van der Waals surface area contributed by atoms with E-state index in [1.807, 2.05) is 13.0 Å². The largest absolute Gasteiger partial charge is 0.397 e. The molecular formula is C7H11N3. The van der Waals surface area contributed by atoms with E-state index < -0.39 is 0 Å². The minimum Gasteiger partial charge on any atom is -0.397 e. The Hall–Kier alpha value is -1.09. The zero-order chi connectivity index (χ0) is 7.56. The summed E-state index contributed by atoms with van der Waals surface area (Å²) >= 11 is 0. The molecule has 0 spiro atoms. The summed E-state index contributed by atoms with van der Waals surface area (Å²) < 4.78 is 0. The Bertz CT molecular complexity index is 220. The molecule has 0 bridgehead atoms. The number of rotatable bonds is 1. The fourth-order valence-corrected chi connectivity index (χ4v) is 0.725. The van der Waals surface area contributed by atoms with E-state index in [1.54, 1.807) is 12.4 Å². The molecule has 1 aromatic heterocycles. The lowest BCUT2D eigenvalue weighted by atomic mass is 10.1. The first-order valence-electron chi connectivity index (χ1n) is 3.16. The fraction of sp³-hybridized carbons (Fsp3) is 0.286. The highest BCUT2D eigenvalue weighted by Crippen LogP contribution is 2.10. The molecule has 1 rings (SSSR count).